The summed E-state index contributed by atoms with van der Waals surface area (Å²) in [5.41, 5.74) is 4.79. The van der Waals surface area contributed by atoms with E-state index in [1.54, 1.807) is 48.6 Å². The second kappa shape index (κ2) is 8.02. The Labute approximate surface area is 178 Å². The van der Waals surface area contributed by atoms with E-state index in [-0.39, 0.29) is 11.3 Å². The number of aryl methyl sites for hydroxylation is 3. The molecule has 3 aromatic rings. The second-order valence-electron chi connectivity index (χ2n) is 7.73. The van der Waals surface area contributed by atoms with Crippen LogP contribution in [-0.2, 0) is 20.5 Å². The molecule has 162 valence electrons. The lowest BCUT2D eigenvalue weighted by Gasteiger charge is -2.33. The van der Waals surface area contributed by atoms with Crippen molar-refractivity contribution in [2.75, 3.05) is 18.5 Å². The van der Waals surface area contributed by atoms with Gasteiger partial charge in [-0.25, -0.2) is 13.6 Å². The maximum absolute atomic E-state index is 14.0. The van der Waals surface area contributed by atoms with Crippen molar-refractivity contribution >= 4 is 34.2 Å². The van der Waals surface area contributed by atoms with Gasteiger partial charge in [0.25, 0.3) is 6.43 Å². The highest BCUT2D eigenvalue weighted by molar-refractivity contribution is 6.09. The van der Waals surface area contributed by atoms with Gasteiger partial charge in [0.1, 0.15) is 0 Å². The Balaban J connectivity index is 1.88. The summed E-state index contributed by atoms with van der Waals surface area (Å²) in [6.07, 6.45) is 1.64. The molecule has 0 unspecified atom stereocenters. The van der Waals surface area contributed by atoms with Gasteiger partial charge in [-0.1, -0.05) is 0 Å². The van der Waals surface area contributed by atoms with E-state index in [1.165, 1.54) is 0 Å². The van der Waals surface area contributed by atoms with Crippen LogP contribution in [-0.4, -0.2) is 28.9 Å². The fraction of sp³-hybridized carbons (Fsp3) is 0.304. The summed E-state index contributed by atoms with van der Waals surface area (Å²) in [5.74, 6) is 0. The summed E-state index contributed by atoms with van der Waals surface area (Å²) in [4.78, 5) is 14.3. The molecule has 4 rings (SSSR count). The first-order chi connectivity index (χ1) is 14.9. The number of aromatic nitrogens is 2. The molecule has 0 atom stereocenters. The standard InChI is InChI=1S/C23H25F2N5O/c1-27-13-15(12-26)17-9-14-5-4-8-30(20(14)11-18(17)22(24)25)16-6-7-19-21(10-16)29(3)23(31)28(19)2/h6-7,9-13,22,26-27H,4-5,8H2,1-3H3/b15-13+,26-12?. The molecule has 31 heavy (non-hydrogen) atoms. The Bertz CT molecular complexity index is 1260. The highest BCUT2D eigenvalue weighted by Crippen LogP contribution is 2.40. The van der Waals surface area contributed by atoms with Crippen molar-refractivity contribution in [3.05, 3.63) is 63.7 Å². The van der Waals surface area contributed by atoms with Crippen molar-refractivity contribution in [1.29, 1.82) is 5.41 Å². The number of rotatable bonds is 5. The van der Waals surface area contributed by atoms with E-state index in [4.69, 9.17) is 5.41 Å². The number of fused-ring (bicyclic) bond motifs is 2. The lowest BCUT2D eigenvalue weighted by atomic mass is 9.92. The number of hydrogen-bond donors (Lipinski definition) is 2. The number of hydrogen-bond acceptors (Lipinski definition) is 4. The quantitative estimate of drug-likeness (QED) is 0.605. The van der Waals surface area contributed by atoms with Gasteiger partial charge in [0.15, 0.2) is 0 Å². The van der Waals surface area contributed by atoms with E-state index >= 15 is 0 Å². The van der Waals surface area contributed by atoms with Crippen molar-refractivity contribution in [2.45, 2.75) is 19.3 Å². The minimum atomic E-state index is -2.67. The largest absolute Gasteiger partial charge is 0.393 e. The SMILES string of the molecule is CN/C=C(\C=N)c1cc2c(cc1C(F)F)N(c1ccc3c(c1)n(C)c(=O)n3C)CCC2. The van der Waals surface area contributed by atoms with Crippen molar-refractivity contribution in [3.63, 3.8) is 0 Å². The first kappa shape index (κ1) is 20.8. The summed E-state index contributed by atoms with van der Waals surface area (Å²) in [5, 5.41) is 10.5. The van der Waals surface area contributed by atoms with Crippen LogP contribution < -0.4 is 15.9 Å². The summed E-state index contributed by atoms with van der Waals surface area (Å²) in [6, 6.07) is 9.09. The molecule has 0 saturated carbocycles. The van der Waals surface area contributed by atoms with Crippen LogP contribution in [0.15, 0.2) is 41.3 Å². The van der Waals surface area contributed by atoms with Gasteiger partial charge >= 0.3 is 5.69 Å². The lowest BCUT2D eigenvalue weighted by Crippen LogP contribution is -2.25. The zero-order valence-corrected chi connectivity index (χ0v) is 17.7. The van der Waals surface area contributed by atoms with Gasteiger partial charge in [-0.3, -0.25) is 9.13 Å². The number of benzene rings is 2. The van der Waals surface area contributed by atoms with E-state index in [1.807, 2.05) is 23.1 Å². The molecule has 0 saturated heterocycles. The van der Waals surface area contributed by atoms with Gasteiger partial charge in [-0.15, -0.1) is 0 Å². The Kier molecular flexibility index (Phi) is 5.39. The maximum Gasteiger partial charge on any atom is 0.328 e. The molecule has 1 aromatic heterocycles. The van der Waals surface area contributed by atoms with Gasteiger partial charge < -0.3 is 15.6 Å². The van der Waals surface area contributed by atoms with E-state index in [2.05, 4.69) is 5.32 Å². The van der Waals surface area contributed by atoms with Crippen LogP contribution in [0.25, 0.3) is 16.6 Å². The van der Waals surface area contributed by atoms with Crippen LogP contribution in [0, 0.1) is 5.41 Å². The smallest absolute Gasteiger partial charge is 0.328 e. The fourth-order valence-electron chi connectivity index (χ4n) is 4.36. The molecular formula is C23H25F2N5O. The van der Waals surface area contributed by atoms with Crippen molar-refractivity contribution in [2.24, 2.45) is 14.1 Å². The Morgan fingerprint density at radius 1 is 1.16 bits per heavy atom. The van der Waals surface area contributed by atoms with Crippen LogP contribution >= 0.6 is 0 Å². The van der Waals surface area contributed by atoms with Crippen molar-refractivity contribution < 1.29 is 8.78 Å². The number of alkyl halides is 2. The van der Waals surface area contributed by atoms with Gasteiger partial charge in [-0.2, -0.15) is 0 Å². The number of anilines is 2. The summed E-state index contributed by atoms with van der Waals surface area (Å²) < 4.78 is 31.2. The third kappa shape index (κ3) is 3.41. The topological polar surface area (TPSA) is 66.1 Å². The summed E-state index contributed by atoms with van der Waals surface area (Å²) >= 11 is 0. The Hall–Kier alpha value is -3.42. The van der Waals surface area contributed by atoms with Gasteiger partial charge in [0.2, 0.25) is 0 Å². The molecule has 0 amide bonds. The van der Waals surface area contributed by atoms with E-state index in [0.717, 1.165) is 47.0 Å². The number of imidazole rings is 1. The van der Waals surface area contributed by atoms with Crippen LogP contribution in [0.1, 0.15) is 29.5 Å². The van der Waals surface area contributed by atoms with Gasteiger partial charge in [0.05, 0.1) is 11.0 Å². The molecule has 0 spiro atoms. The molecule has 8 heteroatoms. The first-order valence-corrected chi connectivity index (χ1v) is 10.1. The van der Waals surface area contributed by atoms with E-state index in [9.17, 15) is 13.6 Å². The average molecular weight is 425 g/mol. The number of nitrogens with zero attached hydrogens (tertiary/aromatic N) is 3. The third-order valence-corrected chi connectivity index (χ3v) is 5.94. The minimum Gasteiger partial charge on any atom is -0.393 e. The molecule has 6 nitrogen and oxygen atoms in total. The average Bonchev–Trinajstić information content (AvgIpc) is 2.99. The molecule has 2 N–H and O–H groups in total. The molecule has 0 radical (unpaired) electrons. The number of allylic oxidation sites excluding steroid dienone is 1. The number of halogens is 2. The van der Waals surface area contributed by atoms with Gasteiger partial charge in [0, 0.05) is 62.6 Å². The molecular weight excluding hydrogens is 400 g/mol. The highest BCUT2D eigenvalue weighted by atomic mass is 19.3. The molecule has 1 aliphatic rings. The normalized spacial score (nSPS) is 14.3. The molecule has 0 fully saturated rings. The Morgan fingerprint density at radius 2 is 1.90 bits per heavy atom. The van der Waals surface area contributed by atoms with Crippen LogP contribution in [0.4, 0.5) is 20.2 Å². The van der Waals surface area contributed by atoms with E-state index < -0.39 is 6.43 Å². The Morgan fingerprint density at radius 3 is 2.58 bits per heavy atom. The maximum atomic E-state index is 14.0. The lowest BCUT2D eigenvalue weighted by molar-refractivity contribution is 0.151. The second-order valence-corrected chi connectivity index (χ2v) is 7.73. The van der Waals surface area contributed by atoms with Crippen LogP contribution in [0.2, 0.25) is 0 Å². The predicted octanol–water partition coefficient (Wildman–Crippen LogP) is 4.11. The molecule has 2 heterocycles. The van der Waals surface area contributed by atoms with Crippen molar-refractivity contribution in [3.8, 4) is 0 Å². The summed E-state index contributed by atoms with van der Waals surface area (Å²) in [6.45, 7) is 0.699. The fourth-order valence-corrected chi connectivity index (χ4v) is 4.36. The minimum absolute atomic E-state index is 0.0937. The predicted molar refractivity (Wildman–Crippen MR) is 121 cm³/mol. The molecule has 1 aliphatic heterocycles. The van der Waals surface area contributed by atoms with Crippen LogP contribution in [0.3, 0.4) is 0 Å². The first-order valence-electron chi connectivity index (χ1n) is 10.1. The zero-order valence-electron chi connectivity index (χ0n) is 17.7. The molecule has 0 aliphatic carbocycles. The molecule has 2 aromatic carbocycles. The third-order valence-electron chi connectivity index (χ3n) is 5.94. The van der Waals surface area contributed by atoms with E-state index in [0.29, 0.717) is 17.7 Å². The van der Waals surface area contributed by atoms with Crippen LogP contribution in [0.5, 0.6) is 0 Å². The highest BCUT2D eigenvalue weighted by Gasteiger charge is 2.25. The number of nitrogens with one attached hydrogen (secondary N) is 2. The summed E-state index contributed by atoms with van der Waals surface area (Å²) in [7, 11) is 5.14. The monoisotopic (exact) mass is 425 g/mol. The molecule has 0 bridgehead atoms. The van der Waals surface area contributed by atoms with Gasteiger partial charge in [-0.05, 0) is 54.3 Å². The zero-order chi connectivity index (χ0) is 22.3. The van der Waals surface area contributed by atoms with Crippen molar-refractivity contribution in [1.82, 2.24) is 14.5 Å².